The Morgan fingerprint density at radius 1 is 1.09 bits per heavy atom. The van der Waals surface area contributed by atoms with Crippen LogP contribution >= 0.6 is 0 Å². The molecule has 0 saturated carbocycles. The zero-order valence-corrected chi connectivity index (χ0v) is 19.6. The van der Waals surface area contributed by atoms with Gasteiger partial charge in [0.05, 0.1) is 17.1 Å². The fraction of sp³-hybridized carbons (Fsp3) is 0.143. The fourth-order valence-electron chi connectivity index (χ4n) is 4.39. The lowest BCUT2D eigenvalue weighted by Gasteiger charge is -2.21. The third kappa shape index (κ3) is 3.85. The summed E-state index contributed by atoms with van der Waals surface area (Å²) in [5, 5.41) is 8.76. The zero-order valence-electron chi connectivity index (χ0n) is 19.6. The number of fused-ring (bicyclic) bond motifs is 2. The number of carbonyl (C=O) groups is 1. The number of nitrogens with zero attached hydrogens (tertiary/aromatic N) is 4. The maximum atomic E-state index is 13.9. The molecule has 3 heterocycles. The highest BCUT2D eigenvalue weighted by Gasteiger charge is 2.23. The van der Waals surface area contributed by atoms with E-state index in [1.165, 1.54) is 0 Å². The van der Waals surface area contributed by atoms with E-state index in [1.54, 1.807) is 41.4 Å². The molecule has 0 radical (unpaired) electrons. The van der Waals surface area contributed by atoms with Gasteiger partial charge in [0.25, 0.3) is 11.5 Å². The first-order valence-electron chi connectivity index (χ1n) is 11.3. The summed E-state index contributed by atoms with van der Waals surface area (Å²) < 4.78 is 3.23. The molecule has 1 N–H and O–H groups in total. The van der Waals surface area contributed by atoms with Gasteiger partial charge in [-0.3, -0.25) is 14.2 Å². The van der Waals surface area contributed by atoms with Crippen molar-refractivity contribution in [3.8, 4) is 17.5 Å². The second-order valence-electron chi connectivity index (χ2n) is 8.23. The normalized spacial score (nSPS) is 11.7. The van der Waals surface area contributed by atoms with Crippen molar-refractivity contribution >= 4 is 22.3 Å². The molecule has 0 fully saturated rings. The van der Waals surface area contributed by atoms with E-state index >= 15 is 0 Å². The lowest BCUT2D eigenvalue weighted by atomic mass is 10.0. The molecule has 3 aromatic heterocycles. The summed E-state index contributed by atoms with van der Waals surface area (Å²) in [5.41, 5.74) is 3.33. The number of nitrogens with one attached hydrogen (secondary N) is 1. The van der Waals surface area contributed by atoms with Gasteiger partial charge in [-0.15, -0.1) is 5.92 Å². The first-order chi connectivity index (χ1) is 17.0. The molecular formula is C28H23N5O2. The second kappa shape index (κ2) is 8.92. The molecule has 2 aromatic carbocycles. The van der Waals surface area contributed by atoms with Crippen LogP contribution in [-0.2, 0) is 0 Å². The quantitative estimate of drug-likeness (QED) is 0.407. The number of hydrogen-bond acceptors (Lipinski definition) is 4. The number of aromatic nitrogens is 4. The summed E-state index contributed by atoms with van der Waals surface area (Å²) >= 11 is 0. The number of benzene rings is 2. The highest BCUT2D eigenvalue weighted by Crippen LogP contribution is 2.24. The van der Waals surface area contributed by atoms with Crippen molar-refractivity contribution in [3.05, 3.63) is 106 Å². The Hall–Kier alpha value is -4.70. The van der Waals surface area contributed by atoms with Gasteiger partial charge in [-0.25, -0.2) is 9.50 Å². The lowest BCUT2D eigenvalue weighted by Crippen LogP contribution is -2.32. The second-order valence-corrected chi connectivity index (χ2v) is 8.23. The maximum Gasteiger partial charge on any atom is 0.264 e. The minimum atomic E-state index is -0.487. The Balaban J connectivity index is 1.66. The average molecular weight is 462 g/mol. The molecule has 172 valence electrons. The molecule has 1 amide bonds. The van der Waals surface area contributed by atoms with Crippen molar-refractivity contribution < 1.29 is 4.79 Å². The molecule has 7 nitrogen and oxygen atoms in total. The standard InChI is InChI=1S/C28H23N5O2/c1-4-10-20-11-8-12-21-17-23(33(28(35)25(20)21)22-13-6-5-7-14-22)18(2)30-27(34)24-19(3)31-32-16-9-15-29-26(24)32/h5-9,11-18H,1-3H3,(H,30,34)/t18-/m0/s1. The lowest BCUT2D eigenvalue weighted by molar-refractivity contribution is 0.0939. The van der Waals surface area contributed by atoms with Crippen LogP contribution in [0.3, 0.4) is 0 Å². The highest BCUT2D eigenvalue weighted by atomic mass is 16.2. The molecule has 0 aliphatic rings. The predicted octanol–water partition coefficient (Wildman–Crippen LogP) is 4.20. The fourth-order valence-corrected chi connectivity index (χ4v) is 4.39. The summed E-state index contributed by atoms with van der Waals surface area (Å²) in [6.07, 6.45) is 3.38. The molecular weight excluding hydrogens is 438 g/mol. The van der Waals surface area contributed by atoms with Gasteiger partial charge in [-0.1, -0.05) is 36.3 Å². The van der Waals surface area contributed by atoms with E-state index in [0.717, 1.165) is 5.39 Å². The molecule has 0 spiro atoms. The maximum absolute atomic E-state index is 13.9. The van der Waals surface area contributed by atoms with Crippen molar-refractivity contribution in [2.45, 2.75) is 26.8 Å². The minimum absolute atomic E-state index is 0.183. The summed E-state index contributed by atoms with van der Waals surface area (Å²) in [6, 6.07) is 18.2. The van der Waals surface area contributed by atoms with E-state index in [4.69, 9.17) is 0 Å². The van der Waals surface area contributed by atoms with E-state index in [2.05, 4.69) is 27.2 Å². The van der Waals surface area contributed by atoms with Gasteiger partial charge in [0.2, 0.25) is 0 Å². The van der Waals surface area contributed by atoms with Gasteiger partial charge >= 0.3 is 0 Å². The molecule has 5 aromatic rings. The molecule has 0 aliphatic carbocycles. The van der Waals surface area contributed by atoms with Crippen molar-refractivity contribution in [1.82, 2.24) is 24.5 Å². The molecule has 0 aliphatic heterocycles. The third-order valence-electron chi connectivity index (χ3n) is 5.94. The largest absolute Gasteiger partial charge is 0.344 e. The first kappa shape index (κ1) is 22.1. The van der Waals surface area contributed by atoms with Crippen molar-refractivity contribution in [2.24, 2.45) is 0 Å². The number of para-hydroxylation sites is 1. The van der Waals surface area contributed by atoms with Gasteiger partial charge in [0.15, 0.2) is 5.65 Å². The topological polar surface area (TPSA) is 81.3 Å². The van der Waals surface area contributed by atoms with Crippen molar-refractivity contribution in [3.63, 3.8) is 0 Å². The Kier molecular flexibility index (Phi) is 5.63. The summed E-state index contributed by atoms with van der Waals surface area (Å²) in [5.74, 6) is 5.63. The smallest absolute Gasteiger partial charge is 0.264 e. The minimum Gasteiger partial charge on any atom is -0.344 e. The third-order valence-corrected chi connectivity index (χ3v) is 5.94. The van der Waals surface area contributed by atoms with Crippen molar-refractivity contribution in [1.29, 1.82) is 0 Å². The SMILES string of the molecule is CC#Cc1cccc2cc([C@H](C)NC(=O)c3c(C)nn4cccnc34)n(-c3ccccc3)c(=O)c12. The van der Waals surface area contributed by atoms with Crippen LogP contribution in [0.2, 0.25) is 0 Å². The number of rotatable bonds is 4. The van der Waals surface area contributed by atoms with E-state index in [-0.39, 0.29) is 11.5 Å². The van der Waals surface area contributed by atoms with Crippen LogP contribution in [-0.4, -0.2) is 25.1 Å². The van der Waals surface area contributed by atoms with Crippen LogP contribution in [0.4, 0.5) is 0 Å². The number of pyridine rings is 1. The van der Waals surface area contributed by atoms with Crippen LogP contribution < -0.4 is 10.9 Å². The summed E-state index contributed by atoms with van der Waals surface area (Å²) in [6.45, 7) is 5.39. The number of carbonyl (C=O) groups excluding carboxylic acids is 1. The van der Waals surface area contributed by atoms with Crippen molar-refractivity contribution in [2.75, 3.05) is 0 Å². The molecule has 1 atom stereocenters. The van der Waals surface area contributed by atoms with E-state index in [9.17, 15) is 9.59 Å². The monoisotopic (exact) mass is 461 g/mol. The van der Waals surface area contributed by atoms with E-state index in [0.29, 0.717) is 39.2 Å². The Morgan fingerprint density at radius 3 is 2.66 bits per heavy atom. The van der Waals surface area contributed by atoms with Crippen LogP contribution in [0.15, 0.2) is 77.9 Å². The Bertz CT molecular complexity index is 1700. The summed E-state index contributed by atoms with van der Waals surface area (Å²) in [4.78, 5) is 31.5. The Labute approximate surface area is 202 Å². The number of hydrogen-bond donors (Lipinski definition) is 1. The molecule has 0 saturated heterocycles. The van der Waals surface area contributed by atoms with Crippen LogP contribution in [0.1, 0.15) is 47.2 Å². The molecule has 7 heteroatoms. The highest BCUT2D eigenvalue weighted by molar-refractivity contribution is 6.01. The van der Waals surface area contributed by atoms with E-state index in [1.807, 2.05) is 61.5 Å². The summed E-state index contributed by atoms with van der Waals surface area (Å²) in [7, 11) is 0. The average Bonchev–Trinajstić information content (AvgIpc) is 3.20. The first-order valence-corrected chi connectivity index (χ1v) is 11.3. The van der Waals surface area contributed by atoms with Gasteiger partial charge in [-0.2, -0.15) is 5.10 Å². The van der Waals surface area contributed by atoms with E-state index < -0.39 is 6.04 Å². The molecule has 35 heavy (non-hydrogen) atoms. The van der Waals surface area contributed by atoms with Gasteiger partial charge < -0.3 is 5.32 Å². The molecule has 0 bridgehead atoms. The van der Waals surface area contributed by atoms with Crippen LogP contribution in [0.25, 0.3) is 22.1 Å². The van der Waals surface area contributed by atoms with Crippen LogP contribution in [0.5, 0.6) is 0 Å². The van der Waals surface area contributed by atoms with Crippen LogP contribution in [0, 0.1) is 18.8 Å². The van der Waals surface area contributed by atoms with Gasteiger partial charge in [0.1, 0.15) is 5.56 Å². The predicted molar refractivity (Wildman–Crippen MR) is 136 cm³/mol. The number of aryl methyl sites for hydroxylation is 1. The molecule has 0 unspecified atom stereocenters. The Morgan fingerprint density at radius 2 is 1.89 bits per heavy atom. The molecule has 5 rings (SSSR count). The number of amides is 1. The van der Waals surface area contributed by atoms with Gasteiger partial charge in [0, 0.05) is 29.3 Å². The zero-order chi connectivity index (χ0) is 24.5. The van der Waals surface area contributed by atoms with Gasteiger partial charge in [-0.05, 0) is 56.5 Å².